The third kappa shape index (κ3) is 2.77. The predicted octanol–water partition coefficient (Wildman–Crippen LogP) is 0.822. The summed E-state index contributed by atoms with van der Waals surface area (Å²) in [5, 5.41) is 12.1. The molecule has 18 heavy (non-hydrogen) atoms. The first-order valence-electron chi connectivity index (χ1n) is 5.38. The van der Waals surface area contributed by atoms with E-state index in [1.807, 2.05) is 6.07 Å². The number of hydrogen-bond acceptors (Lipinski definition) is 5. The Hall–Kier alpha value is -2.55. The summed E-state index contributed by atoms with van der Waals surface area (Å²) in [7, 11) is 0. The maximum atomic E-state index is 11.0. The van der Waals surface area contributed by atoms with Gasteiger partial charge in [0.2, 0.25) is 0 Å². The number of nitrogens with zero attached hydrogens (tertiary/aromatic N) is 2. The van der Waals surface area contributed by atoms with Crippen LogP contribution in [0.15, 0.2) is 23.3 Å². The lowest BCUT2D eigenvalue weighted by atomic mass is 10.2. The number of carbonyl (C=O) groups is 1. The van der Waals surface area contributed by atoms with Crippen LogP contribution in [0.3, 0.4) is 0 Å². The van der Waals surface area contributed by atoms with E-state index in [1.54, 1.807) is 18.2 Å². The molecule has 0 aliphatic carbocycles. The van der Waals surface area contributed by atoms with E-state index < -0.39 is 5.91 Å². The van der Waals surface area contributed by atoms with Gasteiger partial charge in [-0.15, -0.1) is 0 Å². The molecule has 0 atom stereocenters. The highest BCUT2D eigenvalue weighted by Gasteiger charge is 2.14. The van der Waals surface area contributed by atoms with Gasteiger partial charge in [-0.3, -0.25) is 4.79 Å². The van der Waals surface area contributed by atoms with Crippen LogP contribution in [0, 0.1) is 11.3 Å². The molecule has 0 spiro atoms. The number of nitriles is 1. The molecule has 0 saturated carbocycles. The number of hydrogen-bond donors (Lipinski definition) is 1. The van der Waals surface area contributed by atoms with E-state index in [0.717, 1.165) is 0 Å². The van der Waals surface area contributed by atoms with E-state index in [2.05, 4.69) is 10.5 Å². The lowest BCUT2D eigenvalue weighted by Gasteiger charge is -2.19. The normalized spacial score (nSPS) is 13.1. The second-order valence-corrected chi connectivity index (χ2v) is 3.50. The van der Waals surface area contributed by atoms with Crippen molar-refractivity contribution >= 4 is 12.1 Å². The van der Waals surface area contributed by atoms with Gasteiger partial charge < -0.3 is 9.47 Å². The summed E-state index contributed by atoms with van der Waals surface area (Å²) in [5.41, 5.74) is 2.96. The van der Waals surface area contributed by atoms with Gasteiger partial charge in [-0.1, -0.05) is 6.07 Å². The van der Waals surface area contributed by atoms with Gasteiger partial charge in [0.1, 0.15) is 19.6 Å². The smallest absolute Gasteiger partial charge is 0.254 e. The Morgan fingerprint density at radius 1 is 1.50 bits per heavy atom. The zero-order chi connectivity index (χ0) is 12.8. The fourth-order valence-electron chi connectivity index (χ4n) is 1.48. The van der Waals surface area contributed by atoms with Crippen molar-refractivity contribution in [1.82, 2.24) is 5.43 Å². The Balaban J connectivity index is 2.08. The van der Waals surface area contributed by atoms with E-state index >= 15 is 0 Å². The minimum absolute atomic E-state index is 0.218. The molecule has 0 unspecified atom stereocenters. The first-order chi connectivity index (χ1) is 8.81. The maximum absolute atomic E-state index is 11.0. The van der Waals surface area contributed by atoms with E-state index in [1.165, 1.54) is 6.21 Å². The van der Waals surface area contributed by atoms with E-state index in [-0.39, 0.29) is 6.42 Å². The first kappa shape index (κ1) is 11.9. The summed E-state index contributed by atoms with van der Waals surface area (Å²) in [6.07, 6.45) is 1.24. The van der Waals surface area contributed by atoms with Gasteiger partial charge in [0.25, 0.3) is 5.91 Å². The largest absolute Gasteiger partial charge is 0.486 e. The van der Waals surface area contributed by atoms with Crippen LogP contribution in [0.4, 0.5) is 0 Å². The first-order valence-corrected chi connectivity index (χ1v) is 5.38. The van der Waals surface area contributed by atoms with Crippen molar-refractivity contribution in [2.24, 2.45) is 5.10 Å². The molecule has 1 aromatic rings. The van der Waals surface area contributed by atoms with Crippen molar-refractivity contribution in [1.29, 1.82) is 5.26 Å². The Morgan fingerprint density at radius 3 is 3.17 bits per heavy atom. The molecule has 2 rings (SSSR count). The van der Waals surface area contributed by atoms with Crippen LogP contribution in [0.1, 0.15) is 12.0 Å². The van der Waals surface area contributed by atoms with Gasteiger partial charge in [-0.2, -0.15) is 10.4 Å². The van der Waals surface area contributed by atoms with Crippen molar-refractivity contribution in [3.8, 4) is 17.6 Å². The van der Waals surface area contributed by atoms with Crippen LogP contribution < -0.4 is 14.9 Å². The average Bonchev–Trinajstić information content (AvgIpc) is 2.39. The molecule has 1 aliphatic heterocycles. The lowest BCUT2D eigenvalue weighted by molar-refractivity contribution is -0.120. The molecule has 0 bridgehead atoms. The molecule has 1 aromatic carbocycles. The fraction of sp³-hybridized carbons (Fsp3) is 0.250. The third-order valence-electron chi connectivity index (χ3n) is 2.23. The van der Waals surface area contributed by atoms with Crippen LogP contribution >= 0.6 is 0 Å². The highest BCUT2D eigenvalue weighted by Crippen LogP contribution is 2.32. The molecule has 1 heterocycles. The quantitative estimate of drug-likeness (QED) is 0.631. The lowest BCUT2D eigenvalue weighted by Crippen LogP contribution is -2.18. The predicted molar refractivity (Wildman–Crippen MR) is 63.4 cm³/mol. The molecule has 0 saturated heterocycles. The number of benzene rings is 1. The Bertz CT molecular complexity index is 520. The van der Waals surface area contributed by atoms with Crippen molar-refractivity contribution < 1.29 is 14.3 Å². The molecule has 6 heteroatoms. The van der Waals surface area contributed by atoms with Crippen LogP contribution in [-0.2, 0) is 4.79 Å². The number of hydrazone groups is 1. The van der Waals surface area contributed by atoms with Crippen LogP contribution in [0.5, 0.6) is 11.5 Å². The van der Waals surface area contributed by atoms with Crippen LogP contribution in [-0.4, -0.2) is 25.3 Å². The minimum atomic E-state index is -0.448. The second-order valence-electron chi connectivity index (χ2n) is 3.50. The number of nitrogens with one attached hydrogen (secondary N) is 1. The maximum Gasteiger partial charge on any atom is 0.254 e. The molecular weight excluding hydrogens is 234 g/mol. The number of rotatable bonds is 3. The molecule has 0 fully saturated rings. The summed E-state index contributed by atoms with van der Waals surface area (Å²) >= 11 is 0. The SMILES string of the molecule is N#CCC(=O)NN=Cc1cccc2c1OCCO2. The van der Waals surface area contributed by atoms with E-state index in [4.69, 9.17) is 14.7 Å². The van der Waals surface area contributed by atoms with Crippen molar-refractivity contribution in [3.63, 3.8) is 0 Å². The van der Waals surface area contributed by atoms with Crippen molar-refractivity contribution in [2.45, 2.75) is 6.42 Å². The van der Waals surface area contributed by atoms with Crippen LogP contribution in [0.2, 0.25) is 0 Å². The summed E-state index contributed by atoms with van der Waals surface area (Å²) < 4.78 is 10.9. The highest BCUT2D eigenvalue weighted by molar-refractivity contribution is 5.86. The standard InChI is InChI=1S/C12H11N3O3/c13-5-4-11(16)15-14-8-9-2-1-3-10-12(9)18-7-6-17-10/h1-3,8H,4,6-7H2,(H,15,16). The summed E-state index contributed by atoms with van der Waals surface area (Å²) in [4.78, 5) is 11.0. The molecule has 1 amide bonds. The van der Waals surface area contributed by atoms with Gasteiger partial charge in [0.05, 0.1) is 12.3 Å². The molecule has 6 nitrogen and oxygen atoms in total. The van der Waals surface area contributed by atoms with Gasteiger partial charge in [0.15, 0.2) is 11.5 Å². The van der Waals surface area contributed by atoms with Crippen molar-refractivity contribution in [2.75, 3.05) is 13.2 Å². The number of para-hydroxylation sites is 1. The average molecular weight is 245 g/mol. The number of fused-ring (bicyclic) bond motifs is 1. The number of carbonyl (C=O) groups excluding carboxylic acids is 1. The fourth-order valence-corrected chi connectivity index (χ4v) is 1.48. The van der Waals surface area contributed by atoms with Gasteiger partial charge in [-0.25, -0.2) is 5.43 Å². The minimum Gasteiger partial charge on any atom is -0.486 e. The van der Waals surface area contributed by atoms with Gasteiger partial charge in [-0.05, 0) is 12.1 Å². The second kappa shape index (κ2) is 5.68. The number of ether oxygens (including phenoxy) is 2. The molecule has 92 valence electrons. The molecule has 1 N–H and O–H groups in total. The van der Waals surface area contributed by atoms with Crippen LogP contribution in [0.25, 0.3) is 0 Å². The highest BCUT2D eigenvalue weighted by atomic mass is 16.6. The van der Waals surface area contributed by atoms with Crippen molar-refractivity contribution in [3.05, 3.63) is 23.8 Å². The van der Waals surface area contributed by atoms with Gasteiger partial charge in [0, 0.05) is 5.56 Å². The summed E-state index contributed by atoms with van der Waals surface area (Å²) in [6.45, 7) is 1.01. The topological polar surface area (TPSA) is 83.7 Å². The third-order valence-corrected chi connectivity index (χ3v) is 2.23. The summed E-state index contributed by atoms with van der Waals surface area (Å²) in [5.74, 6) is 0.825. The Kier molecular flexibility index (Phi) is 3.76. The summed E-state index contributed by atoms with van der Waals surface area (Å²) in [6, 6.07) is 7.15. The monoisotopic (exact) mass is 245 g/mol. The molecule has 0 radical (unpaired) electrons. The zero-order valence-corrected chi connectivity index (χ0v) is 9.55. The number of amides is 1. The zero-order valence-electron chi connectivity index (χ0n) is 9.55. The van der Waals surface area contributed by atoms with E-state index in [9.17, 15) is 4.79 Å². The van der Waals surface area contributed by atoms with E-state index in [0.29, 0.717) is 30.3 Å². The Labute approximate surface area is 104 Å². The molecule has 0 aromatic heterocycles. The molecular formula is C12H11N3O3. The molecule has 1 aliphatic rings. The Morgan fingerprint density at radius 2 is 2.33 bits per heavy atom. The van der Waals surface area contributed by atoms with Gasteiger partial charge >= 0.3 is 0 Å².